The van der Waals surface area contributed by atoms with Crippen LogP contribution in [-0.2, 0) is 20.9 Å². The summed E-state index contributed by atoms with van der Waals surface area (Å²) in [6.07, 6.45) is 11.1. The third-order valence-corrected chi connectivity index (χ3v) is 12.4. The Morgan fingerprint density at radius 2 is 1.82 bits per heavy atom. The third-order valence-electron chi connectivity index (χ3n) is 12.4. The first-order valence-electron chi connectivity index (χ1n) is 20.6. The topological polar surface area (TPSA) is 132 Å². The van der Waals surface area contributed by atoms with Crippen molar-refractivity contribution in [1.82, 2.24) is 9.80 Å². The van der Waals surface area contributed by atoms with E-state index in [0.29, 0.717) is 37.5 Å². The highest BCUT2D eigenvalue weighted by molar-refractivity contribution is 6.03. The average Bonchev–Trinajstić information content (AvgIpc) is 4.16. The Morgan fingerprint density at radius 3 is 2.57 bits per heavy atom. The van der Waals surface area contributed by atoms with Crippen LogP contribution in [0.4, 0.5) is 0 Å². The van der Waals surface area contributed by atoms with Crippen molar-refractivity contribution in [3.8, 4) is 23.0 Å². The van der Waals surface area contributed by atoms with Gasteiger partial charge in [-0.2, -0.15) is 0 Å². The van der Waals surface area contributed by atoms with Crippen LogP contribution in [0.2, 0.25) is 0 Å². The Hall–Kier alpha value is -4.10. The maximum absolute atomic E-state index is 14.7. The van der Waals surface area contributed by atoms with Crippen molar-refractivity contribution in [3.05, 3.63) is 71.8 Å². The van der Waals surface area contributed by atoms with Crippen LogP contribution in [0.15, 0.2) is 65.9 Å². The zero-order valence-corrected chi connectivity index (χ0v) is 32.6. The zero-order chi connectivity index (χ0) is 38.6. The van der Waals surface area contributed by atoms with Crippen LogP contribution in [0, 0.1) is 23.7 Å². The van der Waals surface area contributed by atoms with Gasteiger partial charge in [0.25, 0.3) is 0 Å². The molecule has 2 aromatic carbocycles. The molecule has 0 aromatic heterocycles. The molecule has 56 heavy (non-hydrogen) atoms. The predicted octanol–water partition coefficient (Wildman–Crippen LogP) is 5.81. The van der Waals surface area contributed by atoms with Gasteiger partial charge in [-0.15, -0.1) is 6.58 Å². The Kier molecular flexibility index (Phi) is 11.9. The third kappa shape index (κ3) is 7.90. The molecule has 8 rings (SSSR count). The predicted molar refractivity (Wildman–Crippen MR) is 210 cm³/mol. The molecule has 0 spiro atoms. The first-order valence-corrected chi connectivity index (χ1v) is 20.6. The Bertz CT molecular complexity index is 1790. The van der Waals surface area contributed by atoms with Crippen molar-refractivity contribution in [1.29, 1.82) is 0 Å². The summed E-state index contributed by atoms with van der Waals surface area (Å²) < 4.78 is 32.2. The smallest absolute Gasteiger partial charge is 0.239 e. The number of unbranched alkanes of at least 4 members (excludes halogenated alkanes) is 2. The van der Waals surface area contributed by atoms with E-state index in [1.807, 2.05) is 35.2 Å². The fourth-order valence-electron chi connectivity index (χ4n) is 9.58. The van der Waals surface area contributed by atoms with E-state index in [9.17, 15) is 15.0 Å². The summed E-state index contributed by atoms with van der Waals surface area (Å²) in [6.45, 7) is 8.72. The number of aliphatic hydroxyl groups excluding tert-OH is 2. The van der Waals surface area contributed by atoms with Crippen LogP contribution in [0.1, 0.15) is 74.8 Å². The molecule has 3 heterocycles. The number of benzene rings is 2. The molecule has 1 saturated heterocycles. The Balaban J connectivity index is 1.29. The van der Waals surface area contributed by atoms with Crippen molar-refractivity contribution in [3.63, 3.8) is 0 Å². The second-order valence-corrected chi connectivity index (χ2v) is 16.1. The summed E-state index contributed by atoms with van der Waals surface area (Å²) in [7, 11) is 1.57. The van der Waals surface area contributed by atoms with Gasteiger partial charge >= 0.3 is 0 Å². The summed E-state index contributed by atoms with van der Waals surface area (Å²) in [6, 6.07) is 11.4. The molecule has 2 saturated carbocycles. The number of oxime groups is 1. The van der Waals surface area contributed by atoms with Crippen molar-refractivity contribution in [2.24, 2.45) is 28.8 Å². The highest BCUT2D eigenvalue weighted by Gasteiger charge is 2.66. The van der Waals surface area contributed by atoms with Crippen molar-refractivity contribution < 1.29 is 43.5 Å². The monoisotopic (exact) mass is 771 g/mol. The van der Waals surface area contributed by atoms with Gasteiger partial charge in [-0.25, -0.2) is 0 Å². The number of hydrogen-bond donors (Lipinski definition) is 2. The van der Waals surface area contributed by atoms with Gasteiger partial charge in [0.05, 0.1) is 18.2 Å². The van der Waals surface area contributed by atoms with E-state index in [-0.39, 0.29) is 62.1 Å². The lowest BCUT2D eigenvalue weighted by Gasteiger charge is -2.60. The minimum absolute atomic E-state index is 0.0664. The van der Waals surface area contributed by atoms with Crippen LogP contribution in [0.5, 0.6) is 23.0 Å². The summed E-state index contributed by atoms with van der Waals surface area (Å²) in [5.74, 6) is 1.37. The quantitative estimate of drug-likeness (QED) is 0.0736. The van der Waals surface area contributed by atoms with Crippen LogP contribution in [0.25, 0.3) is 0 Å². The first kappa shape index (κ1) is 38.8. The Labute approximate surface area is 330 Å². The SMILES string of the molecule is C=CCOC12Oc3ccc(OCCN4CC4)cc3C3C(CCCCO)C(CCCCO)C=C(C(=NOC)CC1N(Cc1ccc4c(c1)OCO4)C(=O)C1CC1)C32. The van der Waals surface area contributed by atoms with Gasteiger partial charge in [0.1, 0.15) is 31.3 Å². The van der Waals surface area contributed by atoms with Gasteiger partial charge in [-0.05, 0) is 91.8 Å². The second-order valence-electron chi connectivity index (χ2n) is 16.1. The van der Waals surface area contributed by atoms with E-state index in [4.69, 9.17) is 33.7 Å². The maximum Gasteiger partial charge on any atom is 0.239 e. The van der Waals surface area contributed by atoms with Gasteiger partial charge in [0, 0.05) is 63.2 Å². The van der Waals surface area contributed by atoms with Crippen molar-refractivity contribution in [2.45, 2.75) is 82.1 Å². The number of aliphatic hydroxyl groups is 2. The first-order chi connectivity index (χ1) is 27.5. The summed E-state index contributed by atoms with van der Waals surface area (Å²) in [4.78, 5) is 24.6. The van der Waals surface area contributed by atoms with E-state index >= 15 is 0 Å². The average molecular weight is 772 g/mol. The molecule has 6 unspecified atom stereocenters. The lowest BCUT2D eigenvalue weighted by Crippen LogP contribution is -2.70. The molecule has 302 valence electrons. The van der Waals surface area contributed by atoms with Gasteiger partial charge < -0.3 is 43.6 Å². The number of allylic oxidation sites excluding steroid dienone is 1. The molecule has 0 bridgehead atoms. The van der Waals surface area contributed by atoms with Crippen LogP contribution in [-0.4, -0.2) is 103 Å². The standard InChI is InChI=1S/C44H57N3O9/c1-3-21-55-44-40(47(43(50)30-11-12-30)27-29-10-14-38-39(23-29)54-28-53-38)26-36(45-51-2)34-24-31(8-4-6-19-48)33(9-5-7-20-49)41(42(34)44)35-25-32(13-15-37(35)56-44)52-22-18-46-16-17-46/h3,10,13-15,23-25,30-31,33,40-42,48-49H,1,4-9,11-12,16-22,26-28H2,2H3. The van der Waals surface area contributed by atoms with Crippen LogP contribution in [0.3, 0.4) is 0 Å². The molecule has 0 radical (unpaired) electrons. The molecule has 2 N–H and O–H groups in total. The molecule has 6 atom stereocenters. The summed E-state index contributed by atoms with van der Waals surface area (Å²) in [5, 5.41) is 24.5. The Morgan fingerprint density at radius 1 is 1.04 bits per heavy atom. The van der Waals surface area contributed by atoms with Crippen LogP contribution >= 0.6 is 0 Å². The number of rotatable bonds is 20. The minimum Gasteiger partial charge on any atom is -0.492 e. The molecule has 12 nitrogen and oxygen atoms in total. The fourth-order valence-corrected chi connectivity index (χ4v) is 9.58. The highest BCUT2D eigenvalue weighted by Crippen LogP contribution is 2.62. The van der Waals surface area contributed by atoms with Crippen LogP contribution < -0.4 is 18.9 Å². The number of fused-ring (bicyclic) bond motifs is 3. The van der Waals surface area contributed by atoms with E-state index in [2.05, 4.69) is 23.6 Å². The molecule has 2 aromatic rings. The van der Waals surface area contributed by atoms with E-state index in [1.54, 1.807) is 13.2 Å². The number of carbonyl (C=O) groups excluding carboxylic acids is 1. The molecular formula is C44H57N3O9. The van der Waals surface area contributed by atoms with Crippen molar-refractivity contribution >= 4 is 11.6 Å². The molecule has 3 aliphatic carbocycles. The van der Waals surface area contributed by atoms with E-state index < -0.39 is 11.8 Å². The van der Waals surface area contributed by atoms with Gasteiger partial charge in [-0.3, -0.25) is 9.69 Å². The molecule has 3 fully saturated rings. The van der Waals surface area contributed by atoms with E-state index in [0.717, 1.165) is 98.5 Å². The summed E-state index contributed by atoms with van der Waals surface area (Å²) >= 11 is 0. The number of carbonyl (C=O) groups is 1. The molecule has 1 amide bonds. The lowest BCUT2D eigenvalue weighted by atomic mass is 9.55. The van der Waals surface area contributed by atoms with Gasteiger partial charge in [-0.1, -0.05) is 36.2 Å². The zero-order valence-electron chi connectivity index (χ0n) is 32.6. The molecular weight excluding hydrogens is 714 g/mol. The number of amides is 1. The molecule has 12 heteroatoms. The van der Waals surface area contributed by atoms with E-state index in [1.165, 1.54) is 0 Å². The number of hydrogen-bond acceptors (Lipinski definition) is 11. The summed E-state index contributed by atoms with van der Waals surface area (Å²) in [5.41, 5.74) is 3.77. The second kappa shape index (κ2) is 17.2. The largest absolute Gasteiger partial charge is 0.492 e. The minimum atomic E-state index is -1.31. The normalized spacial score (nSPS) is 27.8. The maximum atomic E-state index is 14.7. The highest BCUT2D eigenvalue weighted by atomic mass is 16.7. The fraction of sp³-hybridized carbons (Fsp3) is 0.591. The number of nitrogens with zero attached hydrogens (tertiary/aromatic N) is 3. The molecule has 3 aliphatic heterocycles. The van der Waals surface area contributed by atoms with Crippen molar-refractivity contribution in [2.75, 3.05) is 60.0 Å². The van der Waals surface area contributed by atoms with Gasteiger partial charge in [0.15, 0.2) is 11.5 Å². The number of ether oxygens (including phenoxy) is 5. The lowest BCUT2D eigenvalue weighted by molar-refractivity contribution is -0.258. The molecule has 6 aliphatic rings. The van der Waals surface area contributed by atoms with Gasteiger partial charge in [0.2, 0.25) is 18.5 Å².